The first kappa shape index (κ1) is 14.4. The van der Waals surface area contributed by atoms with Crippen molar-refractivity contribution < 1.29 is 0 Å². The molecule has 3 aliphatic rings. The van der Waals surface area contributed by atoms with E-state index in [1.54, 1.807) is 6.33 Å². The van der Waals surface area contributed by atoms with Crippen molar-refractivity contribution in [1.29, 1.82) is 0 Å². The SMILES string of the molecule is CCN1CCc2ncnc(N3CCN4CCCCC4C3)c2C1. The molecule has 0 aromatic carbocycles. The first-order valence-electron chi connectivity index (χ1n) is 8.89. The average molecular weight is 301 g/mol. The number of anilines is 1. The van der Waals surface area contributed by atoms with Gasteiger partial charge < -0.3 is 4.90 Å². The number of nitrogens with zero attached hydrogens (tertiary/aromatic N) is 5. The molecule has 0 saturated carbocycles. The number of rotatable bonds is 2. The monoisotopic (exact) mass is 301 g/mol. The van der Waals surface area contributed by atoms with E-state index in [0.29, 0.717) is 0 Å². The number of fused-ring (bicyclic) bond motifs is 2. The molecule has 5 heteroatoms. The Labute approximate surface area is 133 Å². The molecule has 1 aromatic heterocycles. The summed E-state index contributed by atoms with van der Waals surface area (Å²) in [7, 11) is 0. The Morgan fingerprint density at radius 1 is 1.14 bits per heavy atom. The zero-order valence-corrected chi connectivity index (χ0v) is 13.7. The predicted molar refractivity (Wildman–Crippen MR) is 88.1 cm³/mol. The number of hydrogen-bond donors (Lipinski definition) is 0. The molecule has 0 N–H and O–H groups in total. The van der Waals surface area contributed by atoms with Gasteiger partial charge in [0.2, 0.25) is 0 Å². The van der Waals surface area contributed by atoms with Gasteiger partial charge in [-0.2, -0.15) is 0 Å². The van der Waals surface area contributed by atoms with Crippen molar-refractivity contribution in [1.82, 2.24) is 19.8 Å². The number of piperazine rings is 1. The van der Waals surface area contributed by atoms with Gasteiger partial charge in [0.25, 0.3) is 0 Å². The van der Waals surface area contributed by atoms with Crippen molar-refractivity contribution in [3.63, 3.8) is 0 Å². The minimum Gasteiger partial charge on any atom is -0.353 e. The Balaban J connectivity index is 1.58. The number of aromatic nitrogens is 2. The maximum Gasteiger partial charge on any atom is 0.136 e. The van der Waals surface area contributed by atoms with Crippen molar-refractivity contribution >= 4 is 5.82 Å². The van der Waals surface area contributed by atoms with Crippen molar-refractivity contribution in [3.8, 4) is 0 Å². The number of hydrogen-bond acceptors (Lipinski definition) is 5. The third kappa shape index (κ3) is 2.61. The zero-order chi connectivity index (χ0) is 14.9. The smallest absolute Gasteiger partial charge is 0.136 e. The molecule has 0 aliphatic carbocycles. The van der Waals surface area contributed by atoms with Crippen molar-refractivity contribution in [3.05, 3.63) is 17.6 Å². The first-order valence-corrected chi connectivity index (χ1v) is 8.89. The van der Waals surface area contributed by atoms with Crippen LogP contribution in [0.25, 0.3) is 0 Å². The third-order valence-corrected chi connectivity index (χ3v) is 5.64. The van der Waals surface area contributed by atoms with Gasteiger partial charge in [-0.05, 0) is 25.9 Å². The molecule has 22 heavy (non-hydrogen) atoms. The van der Waals surface area contributed by atoms with E-state index < -0.39 is 0 Å². The normalized spacial score (nSPS) is 26.6. The Morgan fingerprint density at radius 2 is 2.09 bits per heavy atom. The lowest BCUT2D eigenvalue weighted by Gasteiger charge is -2.45. The number of piperidine rings is 1. The van der Waals surface area contributed by atoms with Crippen molar-refractivity contribution in [2.45, 2.75) is 45.2 Å². The predicted octanol–water partition coefficient (Wildman–Crippen LogP) is 1.53. The van der Waals surface area contributed by atoms with Crippen LogP contribution >= 0.6 is 0 Å². The molecule has 120 valence electrons. The molecular weight excluding hydrogens is 274 g/mol. The zero-order valence-electron chi connectivity index (χ0n) is 13.7. The minimum absolute atomic E-state index is 0.735. The highest BCUT2D eigenvalue weighted by Crippen LogP contribution is 2.29. The topological polar surface area (TPSA) is 35.5 Å². The van der Waals surface area contributed by atoms with Crippen LogP contribution in [-0.4, -0.2) is 65.1 Å². The summed E-state index contributed by atoms with van der Waals surface area (Å²) >= 11 is 0. The summed E-state index contributed by atoms with van der Waals surface area (Å²) in [6.45, 7) is 10.3. The molecule has 0 amide bonds. The van der Waals surface area contributed by atoms with E-state index >= 15 is 0 Å². The maximum atomic E-state index is 4.69. The lowest BCUT2D eigenvalue weighted by Crippen LogP contribution is -2.55. The van der Waals surface area contributed by atoms with Crippen molar-refractivity contribution in [2.75, 3.05) is 44.2 Å². The second-order valence-electron chi connectivity index (χ2n) is 6.87. The van der Waals surface area contributed by atoms with E-state index in [2.05, 4.69) is 26.6 Å². The van der Waals surface area contributed by atoms with Crippen LogP contribution in [0.5, 0.6) is 0 Å². The number of likely N-dealkylation sites (N-methyl/N-ethyl adjacent to an activating group) is 1. The summed E-state index contributed by atoms with van der Waals surface area (Å²) in [4.78, 5) is 17.0. The highest BCUT2D eigenvalue weighted by Gasteiger charge is 2.31. The van der Waals surface area contributed by atoms with Gasteiger partial charge in [0.05, 0.1) is 5.69 Å². The van der Waals surface area contributed by atoms with Crippen LogP contribution in [0.4, 0.5) is 5.82 Å². The van der Waals surface area contributed by atoms with Gasteiger partial charge in [-0.15, -0.1) is 0 Å². The molecule has 1 unspecified atom stereocenters. The standard InChI is InChI=1S/C17H27N5/c1-2-20-8-6-16-15(12-20)17(19-13-18-16)22-10-9-21-7-4-3-5-14(21)11-22/h13-14H,2-12H2,1H3. The Hall–Kier alpha value is -1.20. The molecule has 0 bridgehead atoms. The molecule has 1 atom stereocenters. The van der Waals surface area contributed by atoms with E-state index in [1.807, 2.05) is 0 Å². The quantitative estimate of drug-likeness (QED) is 0.828. The minimum atomic E-state index is 0.735. The molecule has 4 rings (SSSR count). The molecule has 0 radical (unpaired) electrons. The first-order chi connectivity index (χ1) is 10.8. The van der Waals surface area contributed by atoms with Gasteiger partial charge in [-0.3, -0.25) is 9.80 Å². The van der Waals surface area contributed by atoms with Crippen LogP contribution in [0, 0.1) is 0 Å². The molecule has 0 spiro atoms. The largest absolute Gasteiger partial charge is 0.353 e. The average Bonchev–Trinajstić information content (AvgIpc) is 2.60. The van der Waals surface area contributed by atoms with Gasteiger partial charge in [-0.1, -0.05) is 13.3 Å². The van der Waals surface area contributed by atoms with Gasteiger partial charge in [0.15, 0.2) is 0 Å². The van der Waals surface area contributed by atoms with Crippen LogP contribution in [0.3, 0.4) is 0 Å². The van der Waals surface area contributed by atoms with Gasteiger partial charge in [0, 0.05) is 50.7 Å². The summed E-state index contributed by atoms with van der Waals surface area (Å²) in [5.74, 6) is 1.22. The fourth-order valence-electron chi connectivity index (χ4n) is 4.27. The van der Waals surface area contributed by atoms with Gasteiger partial charge in [0.1, 0.15) is 12.1 Å². The summed E-state index contributed by atoms with van der Waals surface area (Å²) in [5, 5.41) is 0. The van der Waals surface area contributed by atoms with E-state index in [-0.39, 0.29) is 0 Å². The Bertz CT molecular complexity index is 532. The molecule has 2 saturated heterocycles. The molecule has 3 aliphatic heterocycles. The molecule has 2 fully saturated rings. The van der Waals surface area contributed by atoms with Crippen molar-refractivity contribution in [2.24, 2.45) is 0 Å². The third-order valence-electron chi connectivity index (χ3n) is 5.64. The second-order valence-corrected chi connectivity index (χ2v) is 6.87. The fourth-order valence-corrected chi connectivity index (χ4v) is 4.27. The Morgan fingerprint density at radius 3 is 3.00 bits per heavy atom. The summed E-state index contributed by atoms with van der Waals surface area (Å²) in [5.41, 5.74) is 2.67. The summed E-state index contributed by atoms with van der Waals surface area (Å²) in [6, 6.07) is 0.735. The lowest BCUT2D eigenvalue weighted by molar-refractivity contribution is 0.133. The van der Waals surface area contributed by atoms with Gasteiger partial charge in [-0.25, -0.2) is 9.97 Å². The maximum absolute atomic E-state index is 4.69. The molecule has 4 heterocycles. The van der Waals surface area contributed by atoms with E-state index in [1.165, 1.54) is 49.4 Å². The van der Waals surface area contributed by atoms with E-state index in [0.717, 1.165) is 45.2 Å². The summed E-state index contributed by atoms with van der Waals surface area (Å²) in [6.07, 6.45) is 6.97. The highest BCUT2D eigenvalue weighted by atomic mass is 15.3. The van der Waals surface area contributed by atoms with Crippen LogP contribution in [0.2, 0.25) is 0 Å². The summed E-state index contributed by atoms with van der Waals surface area (Å²) < 4.78 is 0. The fraction of sp³-hybridized carbons (Fsp3) is 0.765. The van der Waals surface area contributed by atoms with Crippen LogP contribution in [-0.2, 0) is 13.0 Å². The second kappa shape index (κ2) is 6.13. The van der Waals surface area contributed by atoms with E-state index in [4.69, 9.17) is 4.98 Å². The van der Waals surface area contributed by atoms with Crippen LogP contribution < -0.4 is 4.90 Å². The van der Waals surface area contributed by atoms with Crippen LogP contribution in [0.15, 0.2) is 6.33 Å². The molecule has 5 nitrogen and oxygen atoms in total. The lowest BCUT2D eigenvalue weighted by atomic mass is 9.98. The molecular formula is C17H27N5. The highest BCUT2D eigenvalue weighted by molar-refractivity contribution is 5.50. The Kier molecular flexibility index (Phi) is 4.01. The van der Waals surface area contributed by atoms with E-state index in [9.17, 15) is 0 Å². The molecule has 1 aromatic rings. The van der Waals surface area contributed by atoms with Crippen LogP contribution in [0.1, 0.15) is 37.4 Å². The van der Waals surface area contributed by atoms with Gasteiger partial charge >= 0.3 is 0 Å².